The van der Waals surface area contributed by atoms with Crippen LogP contribution in [0.4, 0.5) is 0 Å². The lowest BCUT2D eigenvalue weighted by Crippen LogP contribution is -2.58. The van der Waals surface area contributed by atoms with Crippen molar-refractivity contribution in [2.24, 2.45) is 0 Å². The topological polar surface area (TPSA) is 69.6 Å². The summed E-state index contributed by atoms with van der Waals surface area (Å²) in [6.07, 6.45) is 2.20. The molecule has 1 aliphatic heterocycles. The Labute approximate surface area is 201 Å². The van der Waals surface area contributed by atoms with Crippen LogP contribution in [-0.4, -0.2) is 40.0 Å². The van der Waals surface area contributed by atoms with Gasteiger partial charge in [-0.1, -0.05) is 91.0 Å². The molecule has 5 heteroatoms. The fourth-order valence-electron chi connectivity index (χ4n) is 5.12. The summed E-state index contributed by atoms with van der Waals surface area (Å²) in [4.78, 5) is 27.1. The van der Waals surface area contributed by atoms with Crippen LogP contribution in [0.2, 0.25) is 0 Å². The molecule has 0 bridgehead atoms. The van der Waals surface area contributed by atoms with Crippen LogP contribution >= 0.6 is 0 Å². The van der Waals surface area contributed by atoms with Crippen molar-refractivity contribution in [1.29, 1.82) is 0 Å². The van der Waals surface area contributed by atoms with Gasteiger partial charge in [-0.15, -0.1) is 0 Å². The van der Waals surface area contributed by atoms with Crippen molar-refractivity contribution in [3.63, 3.8) is 0 Å². The molecule has 2 N–H and O–H groups in total. The number of carboxylic acid groups (broad SMARTS) is 1. The minimum Gasteiger partial charge on any atom is -0.480 e. The second-order valence-electron chi connectivity index (χ2n) is 9.57. The van der Waals surface area contributed by atoms with Crippen LogP contribution in [0.5, 0.6) is 0 Å². The number of carbonyl (C=O) groups is 2. The van der Waals surface area contributed by atoms with E-state index in [0.717, 1.165) is 29.5 Å². The molecule has 1 saturated heterocycles. The van der Waals surface area contributed by atoms with Crippen molar-refractivity contribution >= 4 is 11.9 Å². The Hall–Kier alpha value is -3.44. The zero-order valence-electron chi connectivity index (χ0n) is 19.8. The third-order valence-corrected chi connectivity index (χ3v) is 6.88. The summed E-state index contributed by atoms with van der Waals surface area (Å²) < 4.78 is 0. The Kier molecular flexibility index (Phi) is 6.85. The first-order valence-electron chi connectivity index (χ1n) is 11.8. The monoisotopic (exact) mass is 456 g/mol. The molecule has 3 aromatic carbocycles. The molecule has 1 unspecified atom stereocenters. The average molecular weight is 457 g/mol. The van der Waals surface area contributed by atoms with Gasteiger partial charge in [0.2, 0.25) is 5.91 Å². The number of benzene rings is 3. The number of amides is 1. The molecule has 0 spiro atoms. The van der Waals surface area contributed by atoms with Crippen LogP contribution in [0, 0.1) is 0 Å². The SMILES string of the molecule is CC1(C)CCCC(NC(c2ccccc2)(c2ccccc2)c2ccccc2)C(=O)N1CC(=O)O. The maximum atomic E-state index is 13.9. The third kappa shape index (κ3) is 4.62. The van der Waals surface area contributed by atoms with Crippen LogP contribution in [0.15, 0.2) is 91.0 Å². The Balaban J connectivity index is 1.88. The van der Waals surface area contributed by atoms with Gasteiger partial charge in [-0.05, 0) is 49.8 Å². The Morgan fingerprint density at radius 2 is 1.35 bits per heavy atom. The highest BCUT2D eigenvalue weighted by molar-refractivity contribution is 5.86. The second kappa shape index (κ2) is 9.82. The van der Waals surface area contributed by atoms with E-state index in [1.807, 2.05) is 68.4 Å². The number of carboxylic acids is 1. The largest absolute Gasteiger partial charge is 0.480 e. The molecule has 0 aromatic heterocycles. The molecule has 0 saturated carbocycles. The first kappa shape index (κ1) is 23.7. The molecular formula is C29H32N2O3. The number of hydrogen-bond donors (Lipinski definition) is 2. The summed E-state index contributed by atoms with van der Waals surface area (Å²) in [5.41, 5.74) is 1.75. The minimum absolute atomic E-state index is 0.169. The fraction of sp³-hybridized carbons (Fsp3) is 0.310. The highest BCUT2D eigenvalue weighted by Crippen LogP contribution is 2.39. The Morgan fingerprint density at radius 1 is 0.912 bits per heavy atom. The molecular weight excluding hydrogens is 424 g/mol. The van der Waals surface area contributed by atoms with Crippen LogP contribution in [0.1, 0.15) is 49.8 Å². The molecule has 0 radical (unpaired) electrons. The number of nitrogens with zero attached hydrogens (tertiary/aromatic N) is 1. The smallest absolute Gasteiger partial charge is 0.323 e. The molecule has 3 aromatic rings. The lowest BCUT2D eigenvalue weighted by atomic mass is 9.76. The van der Waals surface area contributed by atoms with E-state index in [9.17, 15) is 14.7 Å². The van der Waals surface area contributed by atoms with E-state index in [1.54, 1.807) is 0 Å². The number of aliphatic carboxylic acids is 1. The molecule has 0 aliphatic carbocycles. The van der Waals surface area contributed by atoms with Crippen molar-refractivity contribution in [1.82, 2.24) is 10.2 Å². The summed E-state index contributed by atoms with van der Waals surface area (Å²) in [6, 6.07) is 29.9. The summed E-state index contributed by atoms with van der Waals surface area (Å²) in [6.45, 7) is 3.60. The zero-order chi connectivity index (χ0) is 24.2. The van der Waals surface area contributed by atoms with E-state index in [0.29, 0.717) is 6.42 Å². The summed E-state index contributed by atoms with van der Waals surface area (Å²) in [5.74, 6) is -1.17. The maximum Gasteiger partial charge on any atom is 0.323 e. The fourth-order valence-corrected chi connectivity index (χ4v) is 5.12. The van der Waals surface area contributed by atoms with E-state index in [2.05, 4.69) is 41.7 Å². The average Bonchev–Trinajstić information content (AvgIpc) is 2.95. The number of likely N-dealkylation sites (tertiary alicyclic amines) is 1. The Bertz CT molecular complexity index is 1020. The van der Waals surface area contributed by atoms with Gasteiger partial charge in [-0.25, -0.2) is 0 Å². The normalized spacial score (nSPS) is 18.4. The van der Waals surface area contributed by atoms with Crippen molar-refractivity contribution in [3.05, 3.63) is 108 Å². The highest BCUT2D eigenvalue weighted by Gasteiger charge is 2.44. The van der Waals surface area contributed by atoms with Gasteiger partial charge < -0.3 is 10.0 Å². The molecule has 176 valence electrons. The molecule has 1 fully saturated rings. The molecule has 34 heavy (non-hydrogen) atoms. The van der Waals surface area contributed by atoms with Crippen molar-refractivity contribution in [3.8, 4) is 0 Å². The summed E-state index contributed by atoms with van der Waals surface area (Å²) in [5, 5.41) is 13.3. The molecule has 1 amide bonds. The highest BCUT2D eigenvalue weighted by atomic mass is 16.4. The van der Waals surface area contributed by atoms with E-state index in [-0.39, 0.29) is 12.5 Å². The zero-order valence-corrected chi connectivity index (χ0v) is 19.8. The molecule has 5 nitrogen and oxygen atoms in total. The lowest BCUT2D eigenvalue weighted by molar-refractivity contribution is -0.149. The predicted molar refractivity (Wildman–Crippen MR) is 133 cm³/mol. The Morgan fingerprint density at radius 3 is 1.76 bits per heavy atom. The number of rotatable bonds is 7. The van der Waals surface area contributed by atoms with Gasteiger partial charge in [0.15, 0.2) is 0 Å². The van der Waals surface area contributed by atoms with Gasteiger partial charge in [0.25, 0.3) is 0 Å². The molecule has 4 rings (SSSR count). The molecule has 1 heterocycles. The van der Waals surface area contributed by atoms with Gasteiger partial charge >= 0.3 is 5.97 Å². The number of carbonyl (C=O) groups excluding carboxylic acids is 1. The van der Waals surface area contributed by atoms with Crippen LogP contribution in [0.3, 0.4) is 0 Å². The van der Waals surface area contributed by atoms with E-state index >= 15 is 0 Å². The molecule has 1 aliphatic rings. The summed E-state index contributed by atoms with van der Waals surface area (Å²) >= 11 is 0. The third-order valence-electron chi connectivity index (χ3n) is 6.88. The van der Waals surface area contributed by atoms with Crippen LogP contribution in [-0.2, 0) is 15.1 Å². The lowest BCUT2D eigenvalue weighted by Gasteiger charge is -2.42. The van der Waals surface area contributed by atoms with Crippen LogP contribution < -0.4 is 5.32 Å². The van der Waals surface area contributed by atoms with Gasteiger partial charge in [-0.2, -0.15) is 0 Å². The van der Waals surface area contributed by atoms with E-state index < -0.39 is 23.1 Å². The first-order valence-corrected chi connectivity index (χ1v) is 11.8. The maximum absolute atomic E-state index is 13.9. The van der Waals surface area contributed by atoms with Gasteiger partial charge in [0.05, 0.1) is 11.6 Å². The minimum atomic E-state index is -0.998. The van der Waals surface area contributed by atoms with E-state index in [1.165, 1.54) is 4.90 Å². The summed E-state index contributed by atoms with van der Waals surface area (Å²) in [7, 11) is 0. The van der Waals surface area contributed by atoms with Crippen molar-refractivity contribution < 1.29 is 14.7 Å². The number of hydrogen-bond acceptors (Lipinski definition) is 3. The van der Waals surface area contributed by atoms with Gasteiger partial charge in [0.1, 0.15) is 6.54 Å². The van der Waals surface area contributed by atoms with Gasteiger partial charge in [-0.3, -0.25) is 14.9 Å². The number of nitrogens with one attached hydrogen (secondary N) is 1. The van der Waals surface area contributed by atoms with E-state index in [4.69, 9.17) is 0 Å². The second-order valence-corrected chi connectivity index (χ2v) is 9.57. The first-order chi connectivity index (χ1) is 16.3. The quantitative estimate of drug-likeness (QED) is 0.501. The van der Waals surface area contributed by atoms with Crippen molar-refractivity contribution in [2.45, 2.75) is 50.2 Å². The van der Waals surface area contributed by atoms with Crippen molar-refractivity contribution in [2.75, 3.05) is 6.54 Å². The van der Waals surface area contributed by atoms with Gasteiger partial charge in [0, 0.05) is 5.54 Å². The standard InChI is InChI=1S/C29H32N2O3/c1-28(2)20-12-19-25(27(34)31(28)21-26(32)33)30-29(22-13-6-3-7-14-22,23-15-8-4-9-16-23)24-17-10-5-11-18-24/h3-11,13-18,25,30H,12,19-21H2,1-2H3,(H,32,33). The predicted octanol–water partition coefficient (Wildman–Crippen LogP) is 4.81. The van der Waals surface area contributed by atoms with Crippen LogP contribution in [0.25, 0.3) is 0 Å². The molecule has 1 atom stereocenters.